The van der Waals surface area contributed by atoms with Crippen LogP contribution in [0.25, 0.3) is 0 Å². The maximum absolute atomic E-state index is 11.7. The molecule has 0 aromatic heterocycles. The largest absolute Gasteiger partial charge is 0.444 e. The molecule has 2 atom stereocenters. The lowest BCUT2D eigenvalue weighted by atomic mass is 10.2. The Hall–Kier alpha value is -1.50. The Morgan fingerprint density at radius 2 is 1.19 bits per heavy atom. The quantitative estimate of drug-likeness (QED) is 0.538. The summed E-state index contributed by atoms with van der Waals surface area (Å²) in [7, 11) is 0. The fourth-order valence-electron chi connectivity index (χ4n) is 2.14. The summed E-state index contributed by atoms with van der Waals surface area (Å²) >= 11 is 0. The van der Waals surface area contributed by atoms with Crippen molar-refractivity contribution in [2.45, 2.75) is 97.9 Å². The van der Waals surface area contributed by atoms with Crippen LogP contribution in [0.2, 0.25) is 0 Å². The van der Waals surface area contributed by atoms with Crippen LogP contribution in [0.1, 0.15) is 74.7 Å². The van der Waals surface area contributed by atoms with Crippen LogP contribution in [0.4, 0.5) is 9.59 Å². The minimum atomic E-state index is -0.480. The first-order valence-corrected chi connectivity index (χ1v) is 9.48. The molecule has 26 heavy (non-hydrogen) atoms. The van der Waals surface area contributed by atoms with E-state index in [1.807, 2.05) is 55.4 Å². The van der Waals surface area contributed by atoms with Gasteiger partial charge in [0.2, 0.25) is 0 Å². The zero-order chi connectivity index (χ0) is 20.4. The van der Waals surface area contributed by atoms with E-state index in [0.29, 0.717) is 0 Å². The molecule has 3 N–H and O–H groups in total. The Morgan fingerprint density at radius 3 is 1.62 bits per heavy atom. The predicted octanol–water partition coefficient (Wildman–Crippen LogP) is 3.57. The number of hydrogen-bond acceptors (Lipinski definition) is 5. The Bertz CT molecular complexity index is 387. The third-order valence-electron chi connectivity index (χ3n) is 3.27. The topological polar surface area (TPSA) is 88.7 Å². The zero-order valence-electron chi connectivity index (χ0n) is 17.8. The van der Waals surface area contributed by atoms with Gasteiger partial charge in [0.1, 0.15) is 11.2 Å². The van der Waals surface area contributed by atoms with Gasteiger partial charge in [-0.1, -0.05) is 0 Å². The van der Waals surface area contributed by atoms with Gasteiger partial charge >= 0.3 is 12.2 Å². The Morgan fingerprint density at radius 1 is 0.769 bits per heavy atom. The summed E-state index contributed by atoms with van der Waals surface area (Å²) < 4.78 is 10.5. The molecule has 7 heteroatoms. The Balaban J connectivity index is 3.71. The second-order valence-electron chi connectivity index (χ2n) is 8.78. The molecule has 0 saturated carbocycles. The molecule has 0 saturated heterocycles. The molecule has 0 heterocycles. The molecule has 154 valence electrons. The summed E-state index contributed by atoms with van der Waals surface area (Å²) in [5, 5.41) is 9.01. The van der Waals surface area contributed by atoms with E-state index < -0.39 is 11.2 Å². The van der Waals surface area contributed by atoms with Crippen molar-refractivity contribution in [1.82, 2.24) is 16.0 Å². The van der Waals surface area contributed by atoms with E-state index in [-0.39, 0.29) is 24.3 Å². The van der Waals surface area contributed by atoms with Crippen LogP contribution in [0, 0.1) is 0 Å². The highest BCUT2D eigenvalue weighted by atomic mass is 16.6. The first kappa shape index (κ1) is 24.5. The number of ether oxygens (including phenoxy) is 2. The molecule has 2 unspecified atom stereocenters. The van der Waals surface area contributed by atoms with Crippen LogP contribution in [-0.4, -0.2) is 48.6 Å². The lowest BCUT2D eigenvalue weighted by Crippen LogP contribution is -2.39. The third-order valence-corrected chi connectivity index (χ3v) is 3.27. The lowest BCUT2D eigenvalue weighted by molar-refractivity contribution is 0.0493. The number of amides is 2. The van der Waals surface area contributed by atoms with Gasteiger partial charge in [0.05, 0.1) is 0 Å². The normalized spacial score (nSPS) is 14.3. The molecule has 0 fully saturated rings. The van der Waals surface area contributed by atoms with E-state index >= 15 is 0 Å². The molecule has 0 aliphatic rings. The summed E-state index contributed by atoms with van der Waals surface area (Å²) in [4.78, 5) is 23.3. The minimum absolute atomic E-state index is 0.0464. The van der Waals surface area contributed by atoms with Gasteiger partial charge in [-0.3, -0.25) is 0 Å². The van der Waals surface area contributed by atoms with Crippen molar-refractivity contribution < 1.29 is 19.1 Å². The lowest BCUT2D eigenvalue weighted by Gasteiger charge is -2.22. The number of alkyl carbamates (subject to hydrolysis) is 2. The Kier molecular flexibility index (Phi) is 10.6. The van der Waals surface area contributed by atoms with Gasteiger partial charge in [-0.05, 0) is 87.7 Å². The fourth-order valence-corrected chi connectivity index (χ4v) is 2.14. The monoisotopic (exact) mass is 373 g/mol. The smallest absolute Gasteiger partial charge is 0.407 e. The van der Waals surface area contributed by atoms with Gasteiger partial charge in [-0.15, -0.1) is 0 Å². The predicted molar refractivity (Wildman–Crippen MR) is 104 cm³/mol. The first-order chi connectivity index (χ1) is 11.8. The zero-order valence-corrected chi connectivity index (χ0v) is 17.8. The van der Waals surface area contributed by atoms with Crippen LogP contribution in [0.15, 0.2) is 0 Å². The van der Waals surface area contributed by atoms with E-state index in [4.69, 9.17) is 9.47 Å². The van der Waals surface area contributed by atoms with Gasteiger partial charge in [0.25, 0.3) is 0 Å². The number of carbonyl (C=O) groups is 2. The molecular formula is C19H39N3O4. The standard InChI is InChI=1S/C19H39N3O4/c1-14(21-16(23)25-18(3,4)5)10-9-12-20-13-11-15(2)22-17(24)26-19(6,7)8/h14-15,20H,9-13H2,1-8H3,(H,21,23)(H,22,24). The molecule has 2 amide bonds. The minimum Gasteiger partial charge on any atom is -0.444 e. The van der Waals surface area contributed by atoms with E-state index in [9.17, 15) is 9.59 Å². The van der Waals surface area contributed by atoms with E-state index in [2.05, 4.69) is 16.0 Å². The summed E-state index contributed by atoms with van der Waals surface area (Å²) in [6.07, 6.45) is 1.89. The second-order valence-corrected chi connectivity index (χ2v) is 8.78. The third kappa shape index (κ3) is 16.0. The molecule has 0 bridgehead atoms. The molecule has 7 nitrogen and oxygen atoms in total. The second kappa shape index (κ2) is 11.3. The van der Waals surface area contributed by atoms with Gasteiger partial charge < -0.3 is 25.4 Å². The average molecular weight is 374 g/mol. The Labute approximate surface area is 159 Å². The summed E-state index contributed by atoms with van der Waals surface area (Å²) in [5.41, 5.74) is -0.957. The molecule has 0 aliphatic heterocycles. The van der Waals surface area contributed by atoms with Gasteiger partial charge in [0.15, 0.2) is 0 Å². The van der Waals surface area contributed by atoms with Crippen molar-refractivity contribution >= 4 is 12.2 Å². The summed E-state index contributed by atoms with van der Waals surface area (Å²) in [5.74, 6) is 0. The SMILES string of the molecule is CC(CCCNCCC(C)NC(=O)OC(C)(C)C)NC(=O)OC(C)(C)C. The maximum Gasteiger partial charge on any atom is 0.407 e. The maximum atomic E-state index is 11.7. The number of carbonyl (C=O) groups excluding carboxylic acids is 2. The first-order valence-electron chi connectivity index (χ1n) is 9.48. The number of nitrogens with one attached hydrogen (secondary N) is 3. The van der Waals surface area contributed by atoms with Crippen LogP contribution >= 0.6 is 0 Å². The van der Waals surface area contributed by atoms with E-state index in [0.717, 1.165) is 32.4 Å². The van der Waals surface area contributed by atoms with Crippen molar-refractivity contribution in [3.63, 3.8) is 0 Å². The van der Waals surface area contributed by atoms with E-state index in [1.54, 1.807) is 0 Å². The van der Waals surface area contributed by atoms with Crippen LogP contribution in [0.5, 0.6) is 0 Å². The van der Waals surface area contributed by atoms with Crippen LogP contribution < -0.4 is 16.0 Å². The van der Waals surface area contributed by atoms with Gasteiger partial charge in [-0.2, -0.15) is 0 Å². The average Bonchev–Trinajstić information content (AvgIpc) is 2.37. The fraction of sp³-hybridized carbons (Fsp3) is 0.895. The molecule has 0 radical (unpaired) electrons. The molecule has 0 aromatic carbocycles. The van der Waals surface area contributed by atoms with E-state index in [1.165, 1.54) is 0 Å². The number of rotatable bonds is 9. The van der Waals surface area contributed by atoms with Crippen LogP contribution in [-0.2, 0) is 9.47 Å². The van der Waals surface area contributed by atoms with Crippen molar-refractivity contribution in [2.24, 2.45) is 0 Å². The molecular weight excluding hydrogens is 334 g/mol. The highest BCUT2D eigenvalue weighted by Crippen LogP contribution is 2.08. The number of hydrogen-bond donors (Lipinski definition) is 3. The molecule has 0 aromatic rings. The van der Waals surface area contributed by atoms with Crippen LogP contribution in [0.3, 0.4) is 0 Å². The summed E-state index contributed by atoms with van der Waals surface area (Å²) in [6.45, 7) is 16.7. The van der Waals surface area contributed by atoms with Crippen molar-refractivity contribution in [2.75, 3.05) is 13.1 Å². The highest BCUT2D eigenvalue weighted by molar-refractivity contribution is 5.68. The van der Waals surface area contributed by atoms with Crippen molar-refractivity contribution in [1.29, 1.82) is 0 Å². The molecule has 0 rings (SSSR count). The van der Waals surface area contributed by atoms with Crippen molar-refractivity contribution in [3.8, 4) is 0 Å². The molecule has 0 aliphatic carbocycles. The van der Waals surface area contributed by atoms with Gasteiger partial charge in [-0.25, -0.2) is 9.59 Å². The highest BCUT2D eigenvalue weighted by Gasteiger charge is 2.18. The van der Waals surface area contributed by atoms with Crippen molar-refractivity contribution in [3.05, 3.63) is 0 Å². The summed E-state index contributed by atoms with van der Waals surface area (Å²) in [6, 6.07) is 0.115. The van der Waals surface area contributed by atoms with Gasteiger partial charge in [0, 0.05) is 12.1 Å². The molecule has 0 spiro atoms.